The Kier molecular flexibility index (Phi) is 5.25. The van der Waals surface area contributed by atoms with Crippen molar-refractivity contribution in [3.05, 3.63) is 0 Å². The van der Waals surface area contributed by atoms with Crippen molar-refractivity contribution in [2.75, 3.05) is 13.1 Å². The number of amides is 1. The Labute approximate surface area is 127 Å². The topological polar surface area (TPSA) is 58.6 Å². The number of esters is 1. The molecule has 1 aliphatic carbocycles. The third-order valence-electron chi connectivity index (χ3n) is 4.11. The highest BCUT2D eigenvalue weighted by Crippen LogP contribution is 2.21. The molecule has 1 heterocycles. The molecule has 0 aromatic rings. The second-order valence-corrected chi connectivity index (χ2v) is 7.21. The van der Waals surface area contributed by atoms with Gasteiger partial charge in [-0.1, -0.05) is 12.8 Å². The number of hydrogen-bond donors (Lipinski definition) is 1. The van der Waals surface area contributed by atoms with Gasteiger partial charge in [-0.05, 0) is 53.0 Å². The van der Waals surface area contributed by atoms with Gasteiger partial charge in [0.2, 0.25) is 5.91 Å². The Morgan fingerprint density at radius 1 is 1.14 bits per heavy atom. The summed E-state index contributed by atoms with van der Waals surface area (Å²) >= 11 is 0. The first-order valence-electron chi connectivity index (χ1n) is 8.11. The number of hydrogen-bond acceptors (Lipinski definition) is 4. The Hall–Kier alpha value is -1.10. The minimum atomic E-state index is -0.475. The smallest absolute Gasteiger partial charge is 0.323 e. The molecule has 0 radical (unpaired) electrons. The average molecular weight is 296 g/mol. The van der Waals surface area contributed by atoms with Gasteiger partial charge in [-0.3, -0.25) is 14.5 Å². The van der Waals surface area contributed by atoms with Crippen molar-refractivity contribution < 1.29 is 14.3 Å². The molecule has 2 rings (SSSR count). The predicted molar refractivity (Wildman–Crippen MR) is 80.8 cm³/mol. The van der Waals surface area contributed by atoms with E-state index in [0.717, 1.165) is 32.2 Å². The first-order chi connectivity index (χ1) is 9.85. The summed E-state index contributed by atoms with van der Waals surface area (Å²) in [5, 5.41) is 3.08. The Bertz CT molecular complexity index is 383. The molecule has 2 aliphatic rings. The molecule has 1 amide bonds. The van der Waals surface area contributed by atoms with Gasteiger partial charge in [-0.15, -0.1) is 0 Å². The number of ether oxygens (including phenoxy) is 1. The molecule has 1 atom stereocenters. The van der Waals surface area contributed by atoms with E-state index in [1.165, 1.54) is 12.8 Å². The van der Waals surface area contributed by atoms with Gasteiger partial charge in [-0.2, -0.15) is 0 Å². The molecule has 0 bridgehead atoms. The molecular formula is C16H28N2O3. The quantitative estimate of drug-likeness (QED) is 0.804. The molecule has 1 saturated carbocycles. The zero-order chi connectivity index (χ0) is 15.5. The Morgan fingerprint density at radius 3 is 2.43 bits per heavy atom. The van der Waals surface area contributed by atoms with Crippen molar-refractivity contribution in [3.8, 4) is 0 Å². The molecule has 0 aromatic carbocycles. The molecule has 21 heavy (non-hydrogen) atoms. The maximum Gasteiger partial charge on any atom is 0.323 e. The van der Waals surface area contributed by atoms with Crippen LogP contribution in [0.15, 0.2) is 0 Å². The summed E-state index contributed by atoms with van der Waals surface area (Å²) in [7, 11) is 0. The van der Waals surface area contributed by atoms with Crippen molar-refractivity contribution in [2.45, 2.75) is 77.0 Å². The normalized spacial score (nSPS) is 24.2. The van der Waals surface area contributed by atoms with E-state index in [0.29, 0.717) is 12.6 Å². The Morgan fingerprint density at radius 2 is 1.81 bits per heavy atom. The molecule has 1 aliphatic heterocycles. The van der Waals surface area contributed by atoms with E-state index in [1.54, 1.807) is 0 Å². The first-order valence-corrected chi connectivity index (χ1v) is 8.11. The lowest BCUT2D eigenvalue weighted by atomic mass is 10.1. The van der Waals surface area contributed by atoms with Crippen LogP contribution >= 0.6 is 0 Å². The lowest BCUT2D eigenvalue weighted by Crippen LogP contribution is -2.46. The molecule has 5 nitrogen and oxygen atoms in total. The van der Waals surface area contributed by atoms with Crippen LogP contribution in [-0.2, 0) is 14.3 Å². The molecule has 120 valence electrons. The number of rotatable bonds is 4. The fourth-order valence-electron chi connectivity index (χ4n) is 3.18. The number of carbonyl (C=O) groups is 2. The second-order valence-electron chi connectivity index (χ2n) is 7.21. The van der Waals surface area contributed by atoms with Crippen LogP contribution < -0.4 is 5.32 Å². The van der Waals surface area contributed by atoms with Crippen molar-refractivity contribution >= 4 is 11.9 Å². The first kappa shape index (κ1) is 16.3. The van der Waals surface area contributed by atoms with Gasteiger partial charge < -0.3 is 10.1 Å². The van der Waals surface area contributed by atoms with E-state index >= 15 is 0 Å². The van der Waals surface area contributed by atoms with Gasteiger partial charge in [0.05, 0.1) is 6.54 Å². The van der Waals surface area contributed by atoms with Crippen LogP contribution in [0.5, 0.6) is 0 Å². The molecule has 0 spiro atoms. The molecular weight excluding hydrogens is 268 g/mol. The highest BCUT2D eigenvalue weighted by Gasteiger charge is 2.35. The summed E-state index contributed by atoms with van der Waals surface area (Å²) in [6, 6.07) is 0.0682. The monoisotopic (exact) mass is 296 g/mol. The van der Waals surface area contributed by atoms with Crippen molar-refractivity contribution in [1.29, 1.82) is 0 Å². The highest BCUT2D eigenvalue weighted by molar-refractivity contribution is 5.81. The maximum atomic E-state index is 12.2. The maximum absolute atomic E-state index is 12.2. The molecule has 1 saturated heterocycles. The van der Waals surface area contributed by atoms with E-state index in [-0.39, 0.29) is 17.9 Å². The summed E-state index contributed by atoms with van der Waals surface area (Å²) in [6.45, 7) is 6.72. The fraction of sp³-hybridized carbons (Fsp3) is 0.875. The molecule has 0 aromatic heterocycles. The Balaban J connectivity index is 1.83. The molecule has 0 unspecified atom stereocenters. The SMILES string of the molecule is CC(C)(C)OC(=O)[C@H]1CCCN1CC(=O)NC1CCCC1. The van der Waals surface area contributed by atoms with Crippen molar-refractivity contribution in [3.63, 3.8) is 0 Å². The number of likely N-dealkylation sites (tertiary alicyclic amines) is 1. The van der Waals surface area contributed by atoms with E-state index < -0.39 is 5.60 Å². The summed E-state index contributed by atoms with van der Waals surface area (Å²) < 4.78 is 5.45. The predicted octanol–water partition coefficient (Wildman–Crippen LogP) is 1.85. The fourth-order valence-corrected chi connectivity index (χ4v) is 3.18. The van der Waals surface area contributed by atoms with E-state index in [2.05, 4.69) is 5.32 Å². The molecule has 1 N–H and O–H groups in total. The van der Waals surface area contributed by atoms with Gasteiger partial charge in [-0.25, -0.2) is 0 Å². The van der Waals surface area contributed by atoms with Crippen LogP contribution in [-0.4, -0.2) is 47.6 Å². The van der Waals surface area contributed by atoms with Crippen LogP contribution in [0.1, 0.15) is 59.3 Å². The third kappa shape index (κ3) is 4.99. The third-order valence-corrected chi connectivity index (χ3v) is 4.11. The van der Waals surface area contributed by atoms with Gasteiger partial charge in [0, 0.05) is 6.04 Å². The van der Waals surface area contributed by atoms with Gasteiger partial charge in [0.1, 0.15) is 11.6 Å². The van der Waals surface area contributed by atoms with Crippen LogP contribution in [0.25, 0.3) is 0 Å². The van der Waals surface area contributed by atoms with Gasteiger partial charge in [0.15, 0.2) is 0 Å². The van der Waals surface area contributed by atoms with Crippen LogP contribution in [0.3, 0.4) is 0 Å². The van der Waals surface area contributed by atoms with Crippen molar-refractivity contribution in [1.82, 2.24) is 10.2 Å². The standard InChI is InChI=1S/C16H28N2O3/c1-16(2,3)21-15(20)13-9-6-10-18(13)11-14(19)17-12-7-4-5-8-12/h12-13H,4-11H2,1-3H3,(H,17,19)/t13-/m1/s1. The highest BCUT2D eigenvalue weighted by atomic mass is 16.6. The largest absolute Gasteiger partial charge is 0.459 e. The van der Waals surface area contributed by atoms with Crippen LogP contribution in [0.2, 0.25) is 0 Å². The molecule has 5 heteroatoms. The average Bonchev–Trinajstić information content (AvgIpc) is 2.97. The van der Waals surface area contributed by atoms with Crippen LogP contribution in [0, 0.1) is 0 Å². The zero-order valence-corrected chi connectivity index (χ0v) is 13.5. The molecule has 2 fully saturated rings. The van der Waals surface area contributed by atoms with Crippen molar-refractivity contribution in [2.24, 2.45) is 0 Å². The lowest BCUT2D eigenvalue weighted by molar-refractivity contribution is -0.160. The van der Waals surface area contributed by atoms with Gasteiger partial charge >= 0.3 is 5.97 Å². The summed E-state index contributed by atoms with van der Waals surface area (Å²) in [6.07, 6.45) is 6.30. The summed E-state index contributed by atoms with van der Waals surface area (Å²) in [4.78, 5) is 26.3. The minimum absolute atomic E-state index is 0.0392. The van der Waals surface area contributed by atoms with Gasteiger partial charge in [0.25, 0.3) is 0 Å². The summed E-state index contributed by atoms with van der Waals surface area (Å²) in [5.74, 6) is -0.161. The van der Waals surface area contributed by atoms with E-state index in [4.69, 9.17) is 4.74 Å². The number of carbonyl (C=O) groups excluding carboxylic acids is 2. The number of nitrogens with zero attached hydrogens (tertiary/aromatic N) is 1. The number of nitrogens with one attached hydrogen (secondary N) is 1. The second kappa shape index (κ2) is 6.77. The minimum Gasteiger partial charge on any atom is -0.459 e. The van der Waals surface area contributed by atoms with Crippen LogP contribution in [0.4, 0.5) is 0 Å². The summed E-state index contributed by atoms with van der Waals surface area (Å²) in [5.41, 5.74) is -0.475. The van der Waals surface area contributed by atoms with E-state index in [1.807, 2.05) is 25.7 Å². The zero-order valence-electron chi connectivity index (χ0n) is 13.5. The lowest BCUT2D eigenvalue weighted by Gasteiger charge is -2.27. The van der Waals surface area contributed by atoms with E-state index in [9.17, 15) is 9.59 Å².